The Kier molecular flexibility index (Phi) is 3.54. The smallest absolute Gasteiger partial charge is 0.0470 e. The van der Waals surface area contributed by atoms with Crippen LogP contribution in [0.5, 0.6) is 0 Å². The van der Waals surface area contributed by atoms with Crippen LogP contribution >= 0.6 is 0 Å². The highest BCUT2D eigenvalue weighted by molar-refractivity contribution is 6.18. The number of rotatable bonds is 3. The average Bonchev–Trinajstić information content (AvgIpc) is 3.13. The zero-order chi connectivity index (χ0) is 19.2. The first kappa shape index (κ1) is 16.1. The lowest BCUT2D eigenvalue weighted by Crippen LogP contribution is -1.93. The standard InChI is InChI=1S/C28H19N/c1-2-7-19(8-3-1)20-13-16-22(17-14-20)29-26-18-15-21-9-6-12-24-23-10-4-5-11-25(23)28(26)27(21)24/h1-18,29H. The first-order valence-electron chi connectivity index (χ1n) is 9.96. The molecule has 0 atom stereocenters. The van der Waals surface area contributed by atoms with E-state index in [0.29, 0.717) is 0 Å². The molecule has 0 spiro atoms. The van der Waals surface area contributed by atoms with Crippen molar-refractivity contribution < 1.29 is 0 Å². The Morgan fingerprint density at radius 1 is 0.448 bits per heavy atom. The zero-order valence-electron chi connectivity index (χ0n) is 15.9. The summed E-state index contributed by atoms with van der Waals surface area (Å²) in [5.74, 6) is 0. The molecule has 0 aromatic heterocycles. The van der Waals surface area contributed by atoms with Crippen LogP contribution < -0.4 is 5.32 Å². The fraction of sp³-hybridized carbons (Fsp3) is 0. The number of benzene rings is 5. The Hall–Kier alpha value is -3.84. The molecule has 0 heterocycles. The summed E-state index contributed by atoms with van der Waals surface area (Å²) in [6.45, 7) is 0. The molecule has 0 bridgehead atoms. The van der Waals surface area contributed by atoms with E-state index in [-0.39, 0.29) is 0 Å². The monoisotopic (exact) mass is 369 g/mol. The van der Waals surface area contributed by atoms with Gasteiger partial charge in [0.05, 0.1) is 0 Å². The highest BCUT2D eigenvalue weighted by atomic mass is 14.9. The minimum absolute atomic E-state index is 1.10. The van der Waals surface area contributed by atoms with Crippen LogP contribution in [0.1, 0.15) is 0 Å². The first-order chi connectivity index (χ1) is 14.4. The van der Waals surface area contributed by atoms with Gasteiger partial charge in [-0.3, -0.25) is 0 Å². The van der Waals surface area contributed by atoms with Crippen molar-refractivity contribution in [1.82, 2.24) is 0 Å². The molecule has 1 heteroatoms. The largest absolute Gasteiger partial charge is 0.355 e. The topological polar surface area (TPSA) is 12.0 Å². The van der Waals surface area contributed by atoms with Crippen LogP contribution in [0.4, 0.5) is 11.4 Å². The number of anilines is 2. The second-order valence-corrected chi connectivity index (χ2v) is 7.51. The van der Waals surface area contributed by atoms with Crippen molar-refractivity contribution in [3.05, 3.63) is 109 Å². The predicted molar refractivity (Wildman–Crippen MR) is 124 cm³/mol. The molecule has 0 amide bonds. The molecule has 0 aliphatic heterocycles. The van der Waals surface area contributed by atoms with Crippen LogP contribution in [0.25, 0.3) is 44.2 Å². The molecule has 136 valence electrons. The van der Waals surface area contributed by atoms with Crippen LogP contribution in [-0.2, 0) is 0 Å². The average molecular weight is 369 g/mol. The van der Waals surface area contributed by atoms with Gasteiger partial charge in [0.1, 0.15) is 0 Å². The third-order valence-electron chi connectivity index (χ3n) is 5.80. The number of hydrogen-bond acceptors (Lipinski definition) is 1. The fourth-order valence-electron chi connectivity index (χ4n) is 4.46. The second-order valence-electron chi connectivity index (χ2n) is 7.51. The van der Waals surface area contributed by atoms with Gasteiger partial charge in [0.25, 0.3) is 0 Å². The Labute approximate surface area is 170 Å². The Bertz CT molecular complexity index is 1350. The lowest BCUT2D eigenvalue weighted by atomic mass is 10.0. The molecule has 0 saturated heterocycles. The third kappa shape index (κ3) is 2.55. The van der Waals surface area contributed by atoms with Crippen LogP contribution in [-0.4, -0.2) is 0 Å². The van der Waals surface area contributed by atoms with E-state index in [2.05, 4.69) is 108 Å². The molecular formula is C28H19N. The molecule has 29 heavy (non-hydrogen) atoms. The maximum Gasteiger partial charge on any atom is 0.0470 e. The van der Waals surface area contributed by atoms with E-state index in [9.17, 15) is 0 Å². The Balaban J connectivity index is 1.44. The van der Waals surface area contributed by atoms with Gasteiger partial charge in [-0.15, -0.1) is 0 Å². The SMILES string of the molecule is c1ccc(-c2ccc(Nc3ccc4cccc5c4c3-c3ccccc3-5)cc2)cc1. The van der Waals surface area contributed by atoms with E-state index in [1.807, 2.05) is 6.07 Å². The molecule has 5 aromatic rings. The van der Waals surface area contributed by atoms with Crippen molar-refractivity contribution in [3.63, 3.8) is 0 Å². The van der Waals surface area contributed by atoms with Crippen LogP contribution in [0.15, 0.2) is 109 Å². The third-order valence-corrected chi connectivity index (χ3v) is 5.80. The molecule has 0 unspecified atom stereocenters. The summed E-state index contributed by atoms with van der Waals surface area (Å²) >= 11 is 0. The van der Waals surface area contributed by atoms with Crippen molar-refractivity contribution in [3.8, 4) is 33.4 Å². The molecule has 0 saturated carbocycles. The Morgan fingerprint density at radius 2 is 1.14 bits per heavy atom. The molecular weight excluding hydrogens is 350 g/mol. The summed E-state index contributed by atoms with van der Waals surface area (Å²) in [7, 11) is 0. The minimum Gasteiger partial charge on any atom is -0.355 e. The number of nitrogens with one attached hydrogen (secondary N) is 1. The summed E-state index contributed by atoms with van der Waals surface area (Å²) in [5.41, 5.74) is 9.99. The highest BCUT2D eigenvalue weighted by Gasteiger charge is 2.23. The van der Waals surface area contributed by atoms with Gasteiger partial charge in [-0.05, 0) is 56.8 Å². The maximum absolute atomic E-state index is 3.67. The molecule has 1 nitrogen and oxygen atoms in total. The van der Waals surface area contributed by atoms with Gasteiger partial charge in [0.15, 0.2) is 0 Å². The second kappa shape index (κ2) is 6.35. The van der Waals surface area contributed by atoms with E-state index in [4.69, 9.17) is 0 Å². The quantitative estimate of drug-likeness (QED) is 0.334. The molecule has 0 fully saturated rings. The molecule has 1 N–H and O–H groups in total. The van der Waals surface area contributed by atoms with Crippen LogP contribution in [0.3, 0.4) is 0 Å². The summed E-state index contributed by atoms with van der Waals surface area (Å²) in [6.07, 6.45) is 0. The van der Waals surface area contributed by atoms with Gasteiger partial charge < -0.3 is 5.32 Å². The van der Waals surface area contributed by atoms with Gasteiger partial charge in [-0.2, -0.15) is 0 Å². The van der Waals surface area contributed by atoms with E-state index in [0.717, 1.165) is 11.4 Å². The minimum atomic E-state index is 1.10. The van der Waals surface area contributed by atoms with E-state index in [1.165, 1.54) is 44.2 Å². The van der Waals surface area contributed by atoms with Gasteiger partial charge >= 0.3 is 0 Å². The van der Waals surface area contributed by atoms with Gasteiger partial charge in [0.2, 0.25) is 0 Å². The summed E-state index contributed by atoms with van der Waals surface area (Å²) < 4.78 is 0. The van der Waals surface area contributed by atoms with Gasteiger partial charge in [-0.25, -0.2) is 0 Å². The van der Waals surface area contributed by atoms with Crippen LogP contribution in [0, 0.1) is 0 Å². The van der Waals surface area contributed by atoms with Gasteiger partial charge in [-0.1, -0.05) is 91.0 Å². The lowest BCUT2D eigenvalue weighted by Gasteiger charge is -2.13. The van der Waals surface area contributed by atoms with Gasteiger partial charge in [0, 0.05) is 16.9 Å². The van der Waals surface area contributed by atoms with Crippen molar-refractivity contribution in [1.29, 1.82) is 0 Å². The van der Waals surface area contributed by atoms with E-state index in [1.54, 1.807) is 0 Å². The number of fused-ring (bicyclic) bond motifs is 3. The molecule has 6 rings (SSSR count). The first-order valence-corrected chi connectivity index (χ1v) is 9.96. The summed E-state index contributed by atoms with van der Waals surface area (Å²) in [4.78, 5) is 0. The fourth-order valence-corrected chi connectivity index (χ4v) is 4.46. The van der Waals surface area contributed by atoms with E-state index < -0.39 is 0 Å². The molecule has 5 aromatic carbocycles. The zero-order valence-corrected chi connectivity index (χ0v) is 15.9. The lowest BCUT2D eigenvalue weighted by molar-refractivity contribution is 1.55. The van der Waals surface area contributed by atoms with E-state index >= 15 is 0 Å². The predicted octanol–water partition coefficient (Wildman–Crippen LogP) is 7.90. The Morgan fingerprint density at radius 3 is 1.97 bits per heavy atom. The molecule has 0 radical (unpaired) electrons. The highest BCUT2D eigenvalue weighted by Crippen LogP contribution is 2.50. The van der Waals surface area contributed by atoms with Crippen molar-refractivity contribution in [2.45, 2.75) is 0 Å². The normalized spacial score (nSPS) is 11.4. The maximum atomic E-state index is 3.67. The number of hydrogen-bond donors (Lipinski definition) is 1. The molecule has 1 aliphatic rings. The summed E-state index contributed by atoms with van der Waals surface area (Å²) in [5, 5.41) is 6.31. The molecule has 1 aliphatic carbocycles. The van der Waals surface area contributed by atoms with Crippen molar-refractivity contribution in [2.24, 2.45) is 0 Å². The van der Waals surface area contributed by atoms with Crippen molar-refractivity contribution in [2.75, 3.05) is 5.32 Å². The van der Waals surface area contributed by atoms with Crippen LogP contribution in [0.2, 0.25) is 0 Å². The van der Waals surface area contributed by atoms with Crippen molar-refractivity contribution >= 4 is 22.1 Å². The summed E-state index contributed by atoms with van der Waals surface area (Å²) in [6, 6.07) is 38.9.